The van der Waals surface area contributed by atoms with Crippen LogP contribution in [0.1, 0.15) is 51.7 Å². The first-order valence-corrected chi connectivity index (χ1v) is 12.9. The molecular formula is C28H29N5O3S. The van der Waals surface area contributed by atoms with Crippen molar-refractivity contribution in [2.45, 2.75) is 40.3 Å². The lowest BCUT2D eigenvalue weighted by Crippen LogP contribution is -2.21. The second-order valence-corrected chi connectivity index (χ2v) is 10.4. The van der Waals surface area contributed by atoms with Gasteiger partial charge in [0.1, 0.15) is 22.6 Å². The molecule has 0 aliphatic carbocycles. The number of nitrogens with zero attached hydrogens (tertiary/aromatic N) is 4. The molecule has 2 atom stereocenters. The summed E-state index contributed by atoms with van der Waals surface area (Å²) in [6.07, 6.45) is 0. The number of aryl methyl sites for hydroxylation is 2. The van der Waals surface area contributed by atoms with Gasteiger partial charge in [0.2, 0.25) is 0 Å². The fraction of sp³-hybridized carbons (Fsp3) is 0.286. The fourth-order valence-electron chi connectivity index (χ4n) is 4.55. The number of aliphatic carboxylic acids is 1. The third kappa shape index (κ3) is 4.51. The van der Waals surface area contributed by atoms with Crippen LogP contribution < -0.4 is 10.1 Å². The number of ether oxygens (including phenoxy) is 1. The molecule has 0 spiro atoms. The summed E-state index contributed by atoms with van der Waals surface area (Å²) < 4.78 is 7.29. The number of carboxylic acids is 1. The minimum atomic E-state index is -0.921. The van der Waals surface area contributed by atoms with Crippen molar-refractivity contribution in [3.63, 3.8) is 0 Å². The van der Waals surface area contributed by atoms with Crippen molar-refractivity contribution in [3.8, 4) is 10.8 Å². The molecule has 1 aliphatic rings. The Labute approximate surface area is 219 Å². The van der Waals surface area contributed by atoms with Crippen LogP contribution in [0.5, 0.6) is 5.75 Å². The predicted octanol–water partition coefficient (Wildman–Crippen LogP) is 5.49. The smallest absolute Gasteiger partial charge is 0.308 e. The molecular weight excluding hydrogens is 486 g/mol. The molecule has 8 nitrogen and oxygen atoms in total. The molecule has 1 aliphatic heterocycles. The van der Waals surface area contributed by atoms with E-state index in [0.717, 1.165) is 44.4 Å². The first kappa shape index (κ1) is 24.7. The number of carboxylic acid groups (broad SMARTS) is 1. The number of fused-ring (bicyclic) bond motifs is 3. The summed E-state index contributed by atoms with van der Waals surface area (Å²) in [5, 5.41) is 23.0. The highest BCUT2D eigenvalue weighted by atomic mass is 32.1. The van der Waals surface area contributed by atoms with Crippen LogP contribution in [0.15, 0.2) is 53.5 Å². The van der Waals surface area contributed by atoms with Crippen molar-refractivity contribution in [3.05, 3.63) is 87.3 Å². The third-order valence-electron chi connectivity index (χ3n) is 6.84. The van der Waals surface area contributed by atoms with Gasteiger partial charge in [-0.15, -0.1) is 21.5 Å². The fourth-order valence-corrected chi connectivity index (χ4v) is 5.76. The van der Waals surface area contributed by atoms with Gasteiger partial charge >= 0.3 is 5.97 Å². The number of anilines is 1. The van der Waals surface area contributed by atoms with Gasteiger partial charge in [-0.1, -0.05) is 24.3 Å². The Hall–Kier alpha value is -3.98. The van der Waals surface area contributed by atoms with E-state index in [1.54, 1.807) is 25.4 Å². The Morgan fingerprint density at radius 1 is 1.16 bits per heavy atom. The quantitative estimate of drug-likeness (QED) is 0.338. The van der Waals surface area contributed by atoms with Crippen molar-refractivity contribution in [1.82, 2.24) is 14.8 Å². The van der Waals surface area contributed by atoms with Crippen LogP contribution in [0, 0.1) is 26.7 Å². The molecule has 2 N–H and O–H groups in total. The van der Waals surface area contributed by atoms with Gasteiger partial charge in [0, 0.05) is 28.2 Å². The molecule has 0 bridgehead atoms. The van der Waals surface area contributed by atoms with Crippen molar-refractivity contribution < 1.29 is 14.6 Å². The van der Waals surface area contributed by atoms with Gasteiger partial charge in [-0.3, -0.25) is 14.4 Å². The van der Waals surface area contributed by atoms with E-state index in [4.69, 9.17) is 9.73 Å². The van der Waals surface area contributed by atoms with Gasteiger partial charge in [-0.25, -0.2) is 0 Å². The monoisotopic (exact) mass is 515 g/mol. The SMILES string of the molecule is COc1cccc(CNc2ccc(C3=N[C@@H](C(C)C(=O)O)c4nnc(C)n4-c4sc(C)c(C)c43)cc2)c1. The lowest BCUT2D eigenvalue weighted by atomic mass is 9.98. The number of methoxy groups -OCH3 is 1. The van der Waals surface area contributed by atoms with Crippen LogP contribution in [-0.4, -0.2) is 38.7 Å². The van der Waals surface area contributed by atoms with Gasteiger partial charge in [-0.05, 0) is 63.1 Å². The molecule has 0 saturated carbocycles. The summed E-state index contributed by atoms with van der Waals surface area (Å²) in [4.78, 5) is 18.3. The summed E-state index contributed by atoms with van der Waals surface area (Å²) in [6.45, 7) is 8.40. The number of nitrogens with one attached hydrogen (secondary N) is 1. The third-order valence-corrected chi connectivity index (χ3v) is 8.03. The normalized spacial score (nSPS) is 15.3. The molecule has 0 radical (unpaired) electrons. The molecule has 0 amide bonds. The second-order valence-electron chi connectivity index (χ2n) is 9.24. The zero-order chi connectivity index (χ0) is 26.3. The molecule has 1 unspecified atom stereocenters. The number of thiophene rings is 1. The van der Waals surface area contributed by atoms with E-state index < -0.39 is 17.9 Å². The van der Waals surface area contributed by atoms with E-state index >= 15 is 0 Å². The summed E-state index contributed by atoms with van der Waals surface area (Å²) in [5.74, 6) is 0.413. The van der Waals surface area contributed by atoms with E-state index in [1.165, 1.54) is 4.88 Å². The lowest BCUT2D eigenvalue weighted by molar-refractivity contribution is -0.141. The van der Waals surface area contributed by atoms with Gasteiger partial charge in [0.05, 0.1) is 18.7 Å². The molecule has 9 heteroatoms. The van der Waals surface area contributed by atoms with Crippen LogP contribution in [-0.2, 0) is 11.3 Å². The highest BCUT2D eigenvalue weighted by Crippen LogP contribution is 2.40. The number of rotatable bonds is 7. The maximum Gasteiger partial charge on any atom is 0.308 e. The standard InChI is InChI=1S/C28H29N5O3S/c1-15-17(3)37-27-23(15)25(30-24(16(2)28(34)35)26-32-31-18(4)33(26)27)20-9-11-21(12-10-20)29-14-19-7-6-8-22(13-19)36-5/h6-13,16,24,29H,14H2,1-5H3,(H,34,35)/t16?,24-/m0/s1. The molecule has 2 aromatic heterocycles. The Morgan fingerprint density at radius 3 is 2.62 bits per heavy atom. The van der Waals surface area contributed by atoms with E-state index in [9.17, 15) is 9.90 Å². The second kappa shape index (κ2) is 9.82. The number of benzene rings is 2. The zero-order valence-corrected chi connectivity index (χ0v) is 22.3. The lowest BCUT2D eigenvalue weighted by Gasteiger charge is -2.16. The highest BCUT2D eigenvalue weighted by molar-refractivity contribution is 7.15. The van der Waals surface area contributed by atoms with Crippen LogP contribution in [0.25, 0.3) is 5.00 Å². The maximum atomic E-state index is 12.0. The van der Waals surface area contributed by atoms with Gasteiger partial charge < -0.3 is 15.2 Å². The van der Waals surface area contributed by atoms with Crippen LogP contribution >= 0.6 is 11.3 Å². The molecule has 0 saturated heterocycles. The maximum absolute atomic E-state index is 12.0. The van der Waals surface area contributed by atoms with Gasteiger partial charge in [0.25, 0.3) is 0 Å². The molecule has 3 heterocycles. The highest BCUT2D eigenvalue weighted by Gasteiger charge is 2.36. The number of aliphatic imine (C=N–C) groups is 1. The van der Waals surface area contributed by atoms with Crippen LogP contribution in [0.2, 0.25) is 0 Å². The van der Waals surface area contributed by atoms with Crippen molar-refractivity contribution in [2.75, 3.05) is 12.4 Å². The largest absolute Gasteiger partial charge is 0.497 e. The molecule has 37 heavy (non-hydrogen) atoms. The number of aromatic nitrogens is 3. The van der Waals surface area contributed by atoms with Crippen molar-refractivity contribution in [1.29, 1.82) is 0 Å². The molecule has 190 valence electrons. The number of hydrogen-bond donors (Lipinski definition) is 2. The zero-order valence-electron chi connectivity index (χ0n) is 21.4. The van der Waals surface area contributed by atoms with Gasteiger partial charge in [-0.2, -0.15) is 0 Å². The Bertz CT molecular complexity index is 1500. The Balaban J connectivity index is 1.54. The topological polar surface area (TPSA) is 102 Å². The van der Waals surface area contributed by atoms with Crippen molar-refractivity contribution >= 4 is 28.7 Å². The summed E-state index contributed by atoms with van der Waals surface area (Å²) in [7, 11) is 1.66. The summed E-state index contributed by atoms with van der Waals surface area (Å²) in [6, 6.07) is 15.4. The summed E-state index contributed by atoms with van der Waals surface area (Å²) in [5.41, 5.74) is 5.93. The van der Waals surface area contributed by atoms with E-state index in [-0.39, 0.29) is 0 Å². The van der Waals surface area contributed by atoms with E-state index in [0.29, 0.717) is 18.2 Å². The summed E-state index contributed by atoms with van der Waals surface area (Å²) >= 11 is 1.66. The average molecular weight is 516 g/mol. The Kier molecular flexibility index (Phi) is 6.55. The first-order valence-electron chi connectivity index (χ1n) is 12.1. The van der Waals surface area contributed by atoms with Gasteiger partial charge in [0.15, 0.2) is 5.82 Å². The van der Waals surface area contributed by atoms with Crippen molar-refractivity contribution in [2.24, 2.45) is 10.9 Å². The minimum Gasteiger partial charge on any atom is -0.497 e. The number of hydrogen-bond acceptors (Lipinski definition) is 7. The predicted molar refractivity (Wildman–Crippen MR) is 145 cm³/mol. The first-order chi connectivity index (χ1) is 17.8. The molecule has 5 rings (SSSR count). The average Bonchev–Trinajstić information content (AvgIpc) is 3.37. The molecule has 0 fully saturated rings. The van der Waals surface area contributed by atoms with E-state index in [2.05, 4.69) is 35.4 Å². The minimum absolute atomic E-state index is 0.557. The van der Waals surface area contributed by atoms with Crippen LogP contribution in [0.4, 0.5) is 5.69 Å². The molecule has 2 aromatic carbocycles. The van der Waals surface area contributed by atoms with E-state index in [1.807, 2.05) is 54.0 Å². The number of carbonyl (C=O) groups is 1. The van der Waals surface area contributed by atoms with Crippen LogP contribution in [0.3, 0.4) is 0 Å². The molecule has 4 aromatic rings. The Morgan fingerprint density at radius 2 is 1.92 bits per heavy atom.